The number of allylic oxidation sites excluding steroid dienone is 2. The van der Waals surface area contributed by atoms with Gasteiger partial charge in [-0.25, -0.2) is 0 Å². The predicted octanol–water partition coefficient (Wildman–Crippen LogP) is 2.34. The van der Waals surface area contributed by atoms with Gasteiger partial charge in [-0.15, -0.1) is 0 Å². The molecule has 0 saturated carbocycles. The number of rotatable bonds is 2. The molecule has 0 aromatic heterocycles. The van der Waals surface area contributed by atoms with Gasteiger partial charge >= 0.3 is 0 Å². The minimum atomic E-state index is 0.911. The van der Waals surface area contributed by atoms with Gasteiger partial charge in [-0.05, 0) is 26.5 Å². The molecule has 0 N–H and O–H groups in total. The summed E-state index contributed by atoms with van der Waals surface area (Å²) >= 11 is 0. The zero-order chi connectivity index (χ0) is 8.10. The summed E-state index contributed by atoms with van der Waals surface area (Å²) in [5.41, 5.74) is 1.86. The first-order chi connectivity index (χ1) is 5.38. The lowest BCUT2D eigenvalue weighted by atomic mass is 10.1. The van der Waals surface area contributed by atoms with Gasteiger partial charge in [-0.1, -0.05) is 12.2 Å². The Hall–Kier alpha value is -1.18. The van der Waals surface area contributed by atoms with Crippen LogP contribution in [0, 0.1) is 0 Å². The highest BCUT2D eigenvalue weighted by Crippen LogP contribution is 2.19. The highest BCUT2D eigenvalue weighted by molar-refractivity contribution is 5.57. The van der Waals surface area contributed by atoms with Crippen LogP contribution >= 0.6 is 0 Å². The molecule has 0 amide bonds. The molecular formula is C9H12N2. The summed E-state index contributed by atoms with van der Waals surface area (Å²) < 4.78 is 0. The van der Waals surface area contributed by atoms with Crippen LogP contribution in [0.2, 0.25) is 0 Å². The third-order valence-corrected chi connectivity index (χ3v) is 1.54. The average molecular weight is 148 g/mol. The Morgan fingerprint density at radius 2 is 2.00 bits per heavy atom. The number of hydrogen-bond donors (Lipinski definition) is 0. The van der Waals surface area contributed by atoms with Gasteiger partial charge in [-0.3, -0.25) is 9.98 Å². The summed E-state index contributed by atoms with van der Waals surface area (Å²) in [7, 11) is 0. The predicted molar refractivity (Wildman–Crippen MR) is 49.1 cm³/mol. The highest BCUT2D eigenvalue weighted by atomic mass is 14.8. The molecule has 0 atom stereocenters. The lowest BCUT2D eigenvalue weighted by molar-refractivity contribution is 0.976. The monoisotopic (exact) mass is 148 g/mol. The molecule has 1 rings (SSSR count). The van der Waals surface area contributed by atoms with Crippen LogP contribution in [0.4, 0.5) is 0 Å². The molecule has 0 bridgehead atoms. The van der Waals surface area contributed by atoms with Gasteiger partial charge < -0.3 is 0 Å². The summed E-state index contributed by atoms with van der Waals surface area (Å²) in [6.07, 6.45) is 8.04. The van der Waals surface area contributed by atoms with Crippen LogP contribution in [0.15, 0.2) is 33.5 Å². The second kappa shape index (κ2) is 3.86. The normalized spacial score (nSPS) is 17.9. The second-order valence-electron chi connectivity index (χ2n) is 2.30. The molecule has 1 aliphatic carbocycles. The van der Waals surface area contributed by atoms with E-state index in [1.165, 1.54) is 0 Å². The van der Waals surface area contributed by atoms with E-state index in [9.17, 15) is 0 Å². The van der Waals surface area contributed by atoms with Crippen LogP contribution in [0.25, 0.3) is 0 Å². The zero-order valence-corrected chi connectivity index (χ0v) is 6.75. The molecule has 11 heavy (non-hydrogen) atoms. The van der Waals surface area contributed by atoms with Gasteiger partial charge in [0.25, 0.3) is 0 Å². The van der Waals surface area contributed by atoms with E-state index in [1.807, 2.05) is 6.92 Å². The molecule has 0 unspecified atom stereocenters. The van der Waals surface area contributed by atoms with E-state index >= 15 is 0 Å². The minimum absolute atomic E-state index is 0.911. The van der Waals surface area contributed by atoms with Gasteiger partial charge in [0.2, 0.25) is 0 Å². The fourth-order valence-electron chi connectivity index (χ4n) is 1.05. The smallest absolute Gasteiger partial charge is 0.0838 e. The Kier molecular flexibility index (Phi) is 2.78. The van der Waals surface area contributed by atoms with E-state index in [0.717, 1.165) is 24.2 Å². The van der Waals surface area contributed by atoms with Gasteiger partial charge in [0.05, 0.1) is 11.4 Å². The Labute approximate surface area is 67.1 Å². The lowest BCUT2D eigenvalue weighted by Gasteiger charge is -2.06. The number of aliphatic imine (C=N–C) groups is 2. The van der Waals surface area contributed by atoms with Crippen LogP contribution in [-0.2, 0) is 0 Å². The van der Waals surface area contributed by atoms with Crippen molar-refractivity contribution in [2.24, 2.45) is 9.98 Å². The maximum Gasteiger partial charge on any atom is 0.0838 e. The van der Waals surface area contributed by atoms with Crippen molar-refractivity contribution in [3.05, 3.63) is 23.5 Å². The summed E-state index contributed by atoms with van der Waals surface area (Å²) in [6.45, 7) is 5.38. The Morgan fingerprint density at radius 1 is 1.36 bits per heavy atom. The van der Waals surface area contributed by atoms with Gasteiger partial charge in [0.15, 0.2) is 0 Å². The first-order valence-corrected chi connectivity index (χ1v) is 3.74. The molecule has 1 aliphatic rings. The standard InChI is InChI=1S/C9H12N2/c1-3-11-9-7-5-4-6-8(9)10-2/h3,6-7H,2,4-5H2,1H3. The first kappa shape index (κ1) is 7.92. The van der Waals surface area contributed by atoms with Gasteiger partial charge in [0.1, 0.15) is 0 Å². The molecule has 2 heteroatoms. The highest BCUT2D eigenvalue weighted by Gasteiger charge is 2.03. The lowest BCUT2D eigenvalue weighted by Crippen LogP contribution is -1.89. The molecule has 0 radical (unpaired) electrons. The van der Waals surface area contributed by atoms with Crippen LogP contribution in [0.5, 0.6) is 0 Å². The SMILES string of the molecule is C=NC1=CCCC=C1N=CC. The summed E-state index contributed by atoms with van der Waals surface area (Å²) in [5, 5.41) is 0. The second-order valence-corrected chi connectivity index (χ2v) is 2.30. The molecule has 0 spiro atoms. The Morgan fingerprint density at radius 3 is 2.55 bits per heavy atom. The molecule has 0 saturated heterocycles. The van der Waals surface area contributed by atoms with E-state index in [-0.39, 0.29) is 0 Å². The van der Waals surface area contributed by atoms with Crippen molar-refractivity contribution >= 4 is 12.9 Å². The summed E-state index contributed by atoms with van der Waals surface area (Å²) in [5.74, 6) is 0. The van der Waals surface area contributed by atoms with Crippen molar-refractivity contribution in [3.63, 3.8) is 0 Å². The Bertz CT molecular complexity index is 234. The molecule has 0 aliphatic heterocycles. The Balaban J connectivity index is 2.83. The van der Waals surface area contributed by atoms with Crippen molar-refractivity contribution in [1.82, 2.24) is 0 Å². The van der Waals surface area contributed by atoms with Crippen molar-refractivity contribution < 1.29 is 0 Å². The molecule has 0 aromatic carbocycles. The third kappa shape index (κ3) is 1.87. The number of nitrogens with zero attached hydrogens (tertiary/aromatic N) is 2. The van der Waals surface area contributed by atoms with Crippen LogP contribution in [-0.4, -0.2) is 12.9 Å². The summed E-state index contributed by atoms with van der Waals surface area (Å²) in [4.78, 5) is 8.05. The maximum atomic E-state index is 4.17. The van der Waals surface area contributed by atoms with E-state index in [2.05, 4.69) is 28.9 Å². The van der Waals surface area contributed by atoms with Crippen LogP contribution < -0.4 is 0 Å². The van der Waals surface area contributed by atoms with E-state index in [1.54, 1.807) is 6.21 Å². The molecule has 0 heterocycles. The minimum Gasteiger partial charge on any atom is -0.263 e. The molecular weight excluding hydrogens is 136 g/mol. The molecule has 0 fully saturated rings. The maximum absolute atomic E-state index is 4.17. The molecule has 2 nitrogen and oxygen atoms in total. The summed E-state index contributed by atoms with van der Waals surface area (Å²) in [6, 6.07) is 0. The largest absolute Gasteiger partial charge is 0.263 e. The fraction of sp³-hybridized carbons (Fsp3) is 0.333. The quantitative estimate of drug-likeness (QED) is 0.537. The van der Waals surface area contributed by atoms with Crippen LogP contribution in [0.1, 0.15) is 19.8 Å². The topological polar surface area (TPSA) is 24.7 Å². The molecule has 58 valence electrons. The van der Waals surface area contributed by atoms with Gasteiger partial charge in [0, 0.05) is 6.21 Å². The van der Waals surface area contributed by atoms with Crippen molar-refractivity contribution in [2.75, 3.05) is 0 Å². The zero-order valence-electron chi connectivity index (χ0n) is 6.75. The fourth-order valence-corrected chi connectivity index (χ4v) is 1.05. The van der Waals surface area contributed by atoms with Crippen molar-refractivity contribution in [2.45, 2.75) is 19.8 Å². The van der Waals surface area contributed by atoms with Crippen molar-refractivity contribution in [3.8, 4) is 0 Å². The van der Waals surface area contributed by atoms with E-state index in [0.29, 0.717) is 0 Å². The average Bonchev–Trinajstić information content (AvgIpc) is 2.06. The molecule has 0 aromatic rings. The number of hydrogen-bond acceptors (Lipinski definition) is 2. The van der Waals surface area contributed by atoms with Gasteiger partial charge in [-0.2, -0.15) is 0 Å². The van der Waals surface area contributed by atoms with Crippen molar-refractivity contribution in [1.29, 1.82) is 0 Å². The van der Waals surface area contributed by atoms with Crippen LogP contribution in [0.3, 0.4) is 0 Å². The third-order valence-electron chi connectivity index (χ3n) is 1.54. The first-order valence-electron chi connectivity index (χ1n) is 3.74. The van der Waals surface area contributed by atoms with E-state index < -0.39 is 0 Å². The van der Waals surface area contributed by atoms with E-state index in [4.69, 9.17) is 0 Å².